The Balaban J connectivity index is 1.94. The summed E-state index contributed by atoms with van der Waals surface area (Å²) in [7, 11) is 0. The van der Waals surface area contributed by atoms with Crippen molar-refractivity contribution in [2.45, 2.75) is 51.6 Å². The first-order valence-corrected chi connectivity index (χ1v) is 6.56. The van der Waals surface area contributed by atoms with E-state index < -0.39 is 5.54 Å². The molecule has 1 aliphatic rings. The predicted octanol–water partition coefficient (Wildman–Crippen LogP) is 1.84. The summed E-state index contributed by atoms with van der Waals surface area (Å²) in [5.41, 5.74) is 9.09. The highest BCUT2D eigenvalue weighted by atomic mass is 16.2. The fourth-order valence-corrected chi connectivity index (χ4v) is 2.32. The summed E-state index contributed by atoms with van der Waals surface area (Å²) in [4.78, 5) is 11.8. The molecule has 0 heterocycles. The number of amides is 1. The normalized spacial score (nSPS) is 18.2. The van der Waals surface area contributed by atoms with Crippen LogP contribution in [-0.4, -0.2) is 17.5 Å². The minimum atomic E-state index is -0.573. The highest BCUT2D eigenvalue weighted by molar-refractivity contribution is 5.89. The first-order chi connectivity index (χ1) is 8.39. The highest BCUT2D eigenvalue weighted by Gasteiger charge is 2.46. The average Bonchev–Trinajstić information content (AvgIpc) is 2.95. The molecule has 1 saturated carbocycles. The molecule has 1 aliphatic carbocycles. The Kier molecular flexibility index (Phi) is 3.44. The third-order valence-electron chi connectivity index (χ3n) is 3.44. The van der Waals surface area contributed by atoms with Gasteiger partial charge in [-0.3, -0.25) is 4.79 Å². The molecule has 98 valence electrons. The smallest absolute Gasteiger partial charge is 0.240 e. The minimum absolute atomic E-state index is 0.000579. The monoisotopic (exact) mass is 246 g/mol. The van der Waals surface area contributed by atoms with Crippen LogP contribution in [0.4, 0.5) is 0 Å². The molecule has 1 atom stereocenters. The fraction of sp³-hybridized carbons (Fsp3) is 0.533. The van der Waals surface area contributed by atoms with Gasteiger partial charge in [-0.15, -0.1) is 0 Å². The molecule has 3 heteroatoms. The van der Waals surface area contributed by atoms with Gasteiger partial charge in [-0.1, -0.05) is 29.3 Å². The summed E-state index contributed by atoms with van der Waals surface area (Å²) in [5.74, 6) is -0.000579. The maximum Gasteiger partial charge on any atom is 0.240 e. The van der Waals surface area contributed by atoms with Crippen LogP contribution in [0.3, 0.4) is 0 Å². The van der Waals surface area contributed by atoms with E-state index in [-0.39, 0.29) is 11.9 Å². The van der Waals surface area contributed by atoms with Crippen LogP contribution in [-0.2, 0) is 11.2 Å². The molecule has 0 spiro atoms. The molecule has 18 heavy (non-hydrogen) atoms. The van der Waals surface area contributed by atoms with E-state index in [1.54, 1.807) is 0 Å². The van der Waals surface area contributed by atoms with Crippen LogP contribution in [0.1, 0.15) is 36.5 Å². The Labute approximate surface area is 109 Å². The standard InChI is InChI=1S/C15H22N2O/c1-10-6-11(2)8-13(7-10)9-12(3)17-14(18)15(16)4-5-15/h6-8,12H,4-5,9,16H2,1-3H3,(H,17,18). The van der Waals surface area contributed by atoms with Crippen LogP contribution in [0.2, 0.25) is 0 Å². The molecule has 3 N–H and O–H groups in total. The molecule has 0 radical (unpaired) electrons. The number of hydrogen-bond donors (Lipinski definition) is 2. The van der Waals surface area contributed by atoms with E-state index in [1.807, 2.05) is 6.92 Å². The number of hydrogen-bond acceptors (Lipinski definition) is 2. The summed E-state index contributed by atoms with van der Waals surface area (Å²) in [6, 6.07) is 6.63. The van der Waals surface area contributed by atoms with E-state index in [0.29, 0.717) is 0 Å². The Hall–Kier alpha value is -1.35. The number of carbonyl (C=O) groups excluding carboxylic acids is 1. The summed E-state index contributed by atoms with van der Waals surface area (Å²) in [6.45, 7) is 6.22. The van der Waals surface area contributed by atoms with Gasteiger partial charge in [-0.25, -0.2) is 0 Å². The summed E-state index contributed by atoms with van der Waals surface area (Å²) < 4.78 is 0. The van der Waals surface area contributed by atoms with E-state index >= 15 is 0 Å². The molecule has 1 unspecified atom stereocenters. The number of nitrogens with two attached hydrogens (primary N) is 1. The van der Waals surface area contributed by atoms with E-state index in [9.17, 15) is 4.79 Å². The second-order valence-corrected chi connectivity index (χ2v) is 5.73. The lowest BCUT2D eigenvalue weighted by molar-refractivity contribution is -0.123. The number of carbonyl (C=O) groups is 1. The molecule has 0 aromatic heterocycles. The summed E-state index contributed by atoms with van der Waals surface area (Å²) in [5, 5.41) is 3.01. The molecule has 1 aromatic carbocycles. The van der Waals surface area contributed by atoms with E-state index in [1.165, 1.54) is 16.7 Å². The van der Waals surface area contributed by atoms with Crippen molar-refractivity contribution in [3.8, 4) is 0 Å². The number of rotatable bonds is 4. The van der Waals surface area contributed by atoms with Gasteiger partial charge in [-0.05, 0) is 45.6 Å². The van der Waals surface area contributed by atoms with Gasteiger partial charge in [-0.2, -0.15) is 0 Å². The second-order valence-electron chi connectivity index (χ2n) is 5.73. The number of nitrogens with one attached hydrogen (secondary N) is 1. The molecule has 0 aliphatic heterocycles. The molecule has 0 saturated heterocycles. The highest BCUT2D eigenvalue weighted by Crippen LogP contribution is 2.32. The molecule has 1 aromatic rings. The summed E-state index contributed by atoms with van der Waals surface area (Å²) in [6.07, 6.45) is 2.48. The molecule has 2 rings (SSSR count). The van der Waals surface area contributed by atoms with Gasteiger partial charge < -0.3 is 11.1 Å². The third kappa shape index (κ3) is 3.10. The predicted molar refractivity (Wildman–Crippen MR) is 73.4 cm³/mol. The van der Waals surface area contributed by atoms with Crippen molar-refractivity contribution in [3.63, 3.8) is 0 Å². The first-order valence-electron chi connectivity index (χ1n) is 6.56. The Morgan fingerprint density at radius 1 is 1.33 bits per heavy atom. The SMILES string of the molecule is Cc1cc(C)cc(CC(C)NC(=O)C2(N)CC2)c1. The Bertz CT molecular complexity index is 443. The minimum Gasteiger partial charge on any atom is -0.352 e. The lowest BCUT2D eigenvalue weighted by Gasteiger charge is -2.17. The van der Waals surface area contributed by atoms with Crippen molar-refractivity contribution >= 4 is 5.91 Å². The van der Waals surface area contributed by atoms with Gasteiger partial charge in [0, 0.05) is 6.04 Å². The topological polar surface area (TPSA) is 55.1 Å². The number of aryl methyl sites for hydroxylation is 2. The Morgan fingerprint density at radius 3 is 2.39 bits per heavy atom. The van der Waals surface area contributed by atoms with Gasteiger partial charge in [0.05, 0.1) is 5.54 Å². The maximum absolute atomic E-state index is 11.8. The zero-order valence-corrected chi connectivity index (χ0v) is 11.4. The van der Waals surface area contributed by atoms with Crippen molar-refractivity contribution in [1.82, 2.24) is 5.32 Å². The van der Waals surface area contributed by atoms with E-state index in [0.717, 1.165) is 19.3 Å². The lowest BCUT2D eigenvalue weighted by atomic mass is 10.0. The average molecular weight is 246 g/mol. The molecule has 3 nitrogen and oxygen atoms in total. The molecule has 1 amide bonds. The van der Waals surface area contributed by atoms with E-state index in [2.05, 4.69) is 37.4 Å². The van der Waals surface area contributed by atoms with Crippen molar-refractivity contribution in [3.05, 3.63) is 34.9 Å². The van der Waals surface area contributed by atoms with Crippen LogP contribution in [0.5, 0.6) is 0 Å². The molecular weight excluding hydrogens is 224 g/mol. The van der Waals surface area contributed by atoms with Gasteiger partial charge in [0.1, 0.15) is 0 Å². The van der Waals surface area contributed by atoms with Crippen molar-refractivity contribution < 1.29 is 4.79 Å². The van der Waals surface area contributed by atoms with Crippen LogP contribution in [0, 0.1) is 13.8 Å². The zero-order chi connectivity index (χ0) is 13.3. The fourth-order valence-electron chi connectivity index (χ4n) is 2.32. The summed E-state index contributed by atoms with van der Waals surface area (Å²) >= 11 is 0. The van der Waals surface area contributed by atoms with Crippen LogP contribution >= 0.6 is 0 Å². The van der Waals surface area contributed by atoms with Crippen molar-refractivity contribution in [2.24, 2.45) is 5.73 Å². The second kappa shape index (κ2) is 4.73. The number of benzene rings is 1. The Morgan fingerprint density at radius 2 is 1.89 bits per heavy atom. The van der Waals surface area contributed by atoms with Crippen molar-refractivity contribution in [2.75, 3.05) is 0 Å². The van der Waals surface area contributed by atoms with Crippen molar-refractivity contribution in [1.29, 1.82) is 0 Å². The van der Waals surface area contributed by atoms with Gasteiger partial charge in [0.2, 0.25) is 5.91 Å². The van der Waals surface area contributed by atoms with Gasteiger partial charge in [0.25, 0.3) is 0 Å². The zero-order valence-electron chi connectivity index (χ0n) is 11.4. The van der Waals surface area contributed by atoms with Gasteiger partial charge in [0.15, 0.2) is 0 Å². The van der Waals surface area contributed by atoms with Crippen LogP contribution < -0.4 is 11.1 Å². The van der Waals surface area contributed by atoms with Crippen LogP contribution in [0.25, 0.3) is 0 Å². The molecule has 0 bridgehead atoms. The molecular formula is C15H22N2O. The van der Waals surface area contributed by atoms with Crippen LogP contribution in [0.15, 0.2) is 18.2 Å². The molecule has 1 fully saturated rings. The third-order valence-corrected chi connectivity index (χ3v) is 3.44. The first kappa shape index (κ1) is 13.1. The quantitative estimate of drug-likeness (QED) is 0.851. The maximum atomic E-state index is 11.8. The largest absolute Gasteiger partial charge is 0.352 e. The van der Waals surface area contributed by atoms with E-state index in [4.69, 9.17) is 5.73 Å². The van der Waals surface area contributed by atoms with Gasteiger partial charge >= 0.3 is 0 Å². The lowest BCUT2D eigenvalue weighted by Crippen LogP contribution is -2.46.